The van der Waals surface area contributed by atoms with Gasteiger partial charge in [-0.1, -0.05) is 24.1 Å². The average Bonchev–Trinajstić information content (AvgIpc) is 2.80. The third-order valence-corrected chi connectivity index (χ3v) is 3.00. The van der Waals surface area contributed by atoms with E-state index in [0.29, 0.717) is 6.54 Å². The number of aliphatic carboxylic acids is 1. The summed E-state index contributed by atoms with van der Waals surface area (Å²) in [5.74, 6) is 1.24. The summed E-state index contributed by atoms with van der Waals surface area (Å²) >= 11 is 0. The number of terminal acetylenes is 1. The molecular weight excluding hydrogens is 244 g/mol. The lowest BCUT2D eigenvalue weighted by molar-refractivity contribution is -0.137. The molecule has 5 nitrogen and oxygen atoms in total. The molecule has 0 saturated carbocycles. The molecular formula is C14H14N2O3. The Morgan fingerprint density at radius 1 is 1.42 bits per heavy atom. The highest BCUT2D eigenvalue weighted by atomic mass is 16.4. The van der Waals surface area contributed by atoms with E-state index < -0.39 is 5.97 Å². The van der Waals surface area contributed by atoms with Crippen molar-refractivity contribution in [2.75, 3.05) is 24.5 Å². The van der Waals surface area contributed by atoms with Crippen LogP contribution in [-0.4, -0.2) is 41.6 Å². The van der Waals surface area contributed by atoms with E-state index in [-0.39, 0.29) is 19.1 Å². The molecule has 1 aromatic carbocycles. The third kappa shape index (κ3) is 2.68. The standard InChI is InChI=1S/C14H14N2O3/c1-2-8-15(10-13(17)18)14(19)16-9-7-11-5-3-4-6-12(11)16/h1,3-6H,7-10H2,(H,17,18). The Labute approximate surface area is 111 Å². The monoisotopic (exact) mass is 258 g/mol. The van der Waals surface area contributed by atoms with Crippen LogP contribution in [0.15, 0.2) is 24.3 Å². The first-order valence-electron chi connectivity index (χ1n) is 5.93. The minimum absolute atomic E-state index is 0.0101. The number of hydrogen-bond donors (Lipinski definition) is 1. The molecule has 0 aromatic heterocycles. The van der Waals surface area contributed by atoms with Gasteiger partial charge in [-0.15, -0.1) is 6.42 Å². The lowest BCUT2D eigenvalue weighted by atomic mass is 10.2. The van der Waals surface area contributed by atoms with Gasteiger partial charge in [-0.05, 0) is 18.1 Å². The normalized spacial score (nSPS) is 12.7. The van der Waals surface area contributed by atoms with Gasteiger partial charge in [0.1, 0.15) is 6.54 Å². The molecule has 0 saturated heterocycles. The molecule has 0 radical (unpaired) electrons. The number of para-hydroxylation sites is 1. The maximum Gasteiger partial charge on any atom is 0.325 e. The Bertz CT molecular complexity index is 548. The summed E-state index contributed by atoms with van der Waals surface area (Å²) < 4.78 is 0. The van der Waals surface area contributed by atoms with Crippen molar-refractivity contribution in [1.29, 1.82) is 0 Å². The molecule has 1 aliphatic heterocycles. The van der Waals surface area contributed by atoms with Crippen LogP contribution in [0.5, 0.6) is 0 Å². The summed E-state index contributed by atoms with van der Waals surface area (Å²) in [4.78, 5) is 25.8. The minimum atomic E-state index is -1.07. The van der Waals surface area contributed by atoms with Crippen molar-refractivity contribution in [3.8, 4) is 12.3 Å². The molecule has 1 aliphatic rings. The van der Waals surface area contributed by atoms with Gasteiger partial charge in [0.05, 0.1) is 6.54 Å². The van der Waals surface area contributed by atoms with Gasteiger partial charge < -0.3 is 10.0 Å². The zero-order chi connectivity index (χ0) is 13.8. The van der Waals surface area contributed by atoms with Crippen LogP contribution in [0.2, 0.25) is 0 Å². The van der Waals surface area contributed by atoms with Crippen molar-refractivity contribution in [2.45, 2.75) is 6.42 Å². The van der Waals surface area contributed by atoms with Crippen molar-refractivity contribution < 1.29 is 14.7 Å². The third-order valence-electron chi connectivity index (χ3n) is 3.00. The van der Waals surface area contributed by atoms with Crippen molar-refractivity contribution in [3.05, 3.63) is 29.8 Å². The fraction of sp³-hybridized carbons (Fsp3) is 0.286. The molecule has 0 atom stereocenters. The summed E-state index contributed by atoms with van der Waals surface area (Å²) in [5.41, 5.74) is 1.92. The van der Waals surface area contributed by atoms with E-state index in [4.69, 9.17) is 11.5 Å². The van der Waals surface area contributed by atoms with Gasteiger partial charge in [0, 0.05) is 12.2 Å². The first-order valence-corrected chi connectivity index (χ1v) is 5.93. The summed E-state index contributed by atoms with van der Waals surface area (Å²) in [7, 11) is 0. The number of carbonyl (C=O) groups excluding carboxylic acids is 1. The van der Waals surface area contributed by atoms with Crippen molar-refractivity contribution in [1.82, 2.24) is 4.90 Å². The van der Waals surface area contributed by atoms with Gasteiger partial charge in [0.25, 0.3) is 0 Å². The number of carbonyl (C=O) groups is 2. The number of urea groups is 1. The Morgan fingerprint density at radius 3 is 2.84 bits per heavy atom. The van der Waals surface area contributed by atoms with Crippen LogP contribution in [0.3, 0.4) is 0 Å². The SMILES string of the molecule is C#CCN(CC(=O)O)C(=O)N1CCc2ccccc21. The van der Waals surface area contributed by atoms with Crippen LogP contribution in [0.25, 0.3) is 0 Å². The molecule has 98 valence electrons. The van der Waals surface area contributed by atoms with E-state index >= 15 is 0 Å². The van der Waals surface area contributed by atoms with Gasteiger partial charge in [-0.3, -0.25) is 9.69 Å². The molecule has 0 aliphatic carbocycles. The molecule has 0 spiro atoms. The van der Waals surface area contributed by atoms with Gasteiger partial charge in [0.15, 0.2) is 0 Å². The molecule has 2 rings (SSSR count). The summed E-state index contributed by atoms with van der Waals surface area (Å²) in [5, 5.41) is 8.82. The van der Waals surface area contributed by atoms with E-state index in [9.17, 15) is 9.59 Å². The summed E-state index contributed by atoms with van der Waals surface area (Å²) in [6, 6.07) is 7.24. The quantitative estimate of drug-likeness (QED) is 0.828. The topological polar surface area (TPSA) is 60.9 Å². The predicted molar refractivity (Wildman–Crippen MR) is 70.9 cm³/mol. The van der Waals surface area contributed by atoms with Gasteiger partial charge in [-0.2, -0.15) is 0 Å². The van der Waals surface area contributed by atoms with E-state index in [2.05, 4.69) is 5.92 Å². The van der Waals surface area contributed by atoms with Crippen LogP contribution in [0.1, 0.15) is 5.56 Å². The number of rotatable bonds is 3. The maximum atomic E-state index is 12.3. The Kier molecular flexibility index (Phi) is 3.71. The van der Waals surface area contributed by atoms with Crippen LogP contribution in [-0.2, 0) is 11.2 Å². The number of fused-ring (bicyclic) bond motifs is 1. The average molecular weight is 258 g/mol. The van der Waals surface area contributed by atoms with Crippen molar-refractivity contribution in [3.63, 3.8) is 0 Å². The second-order valence-corrected chi connectivity index (χ2v) is 4.27. The molecule has 2 amide bonds. The zero-order valence-corrected chi connectivity index (χ0v) is 10.4. The molecule has 19 heavy (non-hydrogen) atoms. The largest absolute Gasteiger partial charge is 0.480 e. The number of anilines is 1. The number of benzene rings is 1. The van der Waals surface area contributed by atoms with Gasteiger partial charge in [-0.25, -0.2) is 4.79 Å². The van der Waals surface area contributed by atoms with E-state index in [1.165, 1.54) is 0 Å². The van der Waals surface area contributed by atoms with Crippen molar-refractivity contribution in [2.24, 2.45) is 0 Å². The predicted octanol–water partition coefficient (Wildman–Crippen LogP) is 1.19. The van der Waals surface area contributed by atoms with Crippen LogP contribution < -0.4 is 4.90 Å². The first kappa shape index (κ1) is 13.0. The zero-order valence-electron chi connectivity index (χ0n) is 10.4. The maximum absolute atomic E-state index is 12.3. The molecule has 1 N–H and O–H groups in total. The number of nitrogens with zero attached hydrogens (tertiary/aromatic N) is 2. The van der Waals surface area contributed by atoms with Crippen LogP contribution >= 0.6 is 0 Å². The Morgan fingerprint density at radius 2 is 2.16 bits per heavy atom. The lowest BCUT2D eigenvalue weighted by Crippen LogP contribution is -2.45. The van der Waals surface area contributed by atoms with Gasteiger partial charge in [0.2, 0.25) is 0 Å². The number of amides is 2. The summed E-state index contributed by atoms with van der Waals surface area (Å²) in [6.07, 6.45) is 5.96. The summed E-state index contributed by atoms with van der Waals surface area (Å²) in [6.45, 7) is 0.157. The highest BCUT2D eigenvalue weighted by molar-refractivity contribution is 5.95. The molecule has 0 unspecified atom stereocenters. The number of carboxylic acid groups (broad SMARTS) is 1. The Hall–Kier alpha value is -2.48. The fourth-order valence-corrected chi connectivity index (χ4v) is 2.17. The van der Waals surface area contributed by atoms with Crippen molar-refractivity contribution >= 4 is 17.7 Å². The van der Waals surface area contributed by atoms with Gasteiger partial charge >= 0.3 is 12.0 Å². The number of hydrogen-bond acceptors (Lipinski definition) is 2. The second kappa shape index (κ2) is 5.44. The minimum Gasteiger partial charge on any atom is -0.480 e. The smallest absolute Gasteiger partial charge is 0.325 e. The molecule has 1 aromatic rings. The molecule has 0 bridgehead atoms. The molecule has 1 heterocycles. The van der Waals surface area contributed by atoms with E-state index in [1.54, 1.807) is 4.90 Å². The second-order valence-electron chi connectivity index (χ2n) is 4.27. The van der Waals surface area contributed by atoms with Crippen LogP contribution in [0.4, 0.5) is 10.5 Å². The molecule has 0 fully saturated rings. The highest BCUT2D eigenvalue weighted by Crippen LogP contribution is 2.28. The Balaban J connectivity index is 2.19. The van der Waals surface area contributed by atoms with E-state index in [1.807, 2.05) is 24.3 Å². The molecule has 5 heteroatoms. The highest BCUT2D eigenvalue weighted by Gasteiger charge is 2.28. The first-order chi connectivity index (χ1) is 9.13. The lowest BCUT2D eigenvalue weighted by Gasteiger charge is -2.25. The number of carboxylic acids is 1. The van der Waals surface area contributed by atoms with Crippen LogP contribution in [0, 0.1) is 12.3 Å². The van der Waals surface area contributed by atoms with E-state index in [0.717, 1.165) is 22.6 Å². The fourth-order valence-electron chi connectivity index (χ4n) is 2.17.